The van der Waals surface area contributed by atoms with Gasteiger partial charge in [-0.1, -0.05) is 42.8 Å². The van der Waals surface area contributed by atoms with Crippen LogP contribution in [0.25, 0.3) is 0 Å². The van der Waals surface area contributed by atoms with Crippen molar-refractivity contribution in [3.8, 4) is 0 Å². The Kier molecular flexibility index (Phi) is 7.81. The summed E-state index contributed by atoms with van der Waals surface area (Å²) in [5.74, 6) is 2.40. The normalized spacial score (nSPS) is 17.5. The van der Waals surface area contributed by atoms with Gasteiger partial charge >= 0.3 is 0 Å². The SMILES string of the molecule is Cc1ccccc1SC[C@@H]1CCc2cc([C@H](CN)CCCCO)ccc2C1. The number of unbranched alkanes of at least 4 members (excludes halogenated alkanes) is 1. The molecule has 0 aliphatic heterocycles. The van der Waals surface area contributed by atoms with Gasteiger partial charge in [-0.15, -0.1) is 11.8 Å². The second-order valence-electron chi connectivity index (χ2n) is 7.87. The molecule has 1 aliphatic carbocycles. The summed E-state index contributed by atoms with van der Waals surface area (Å²) in [6.07, 6.45) is 6.68. The van der Waals surface area contributed by atoms with E-state index >= 15 is 0 Å². The quantitative estimate of drug-likeness (QED) is 0.468. The fourth-order valence-electron chi connectivity index (χ4n) is 4.10. The Hall–Kier alpha value is -1.29. The molecule has 0 saturated heterocycles. The molecule has 1 aliphatic rings. The highest BCUT2D eigenvalue weighted by Gasteiger charge is 2.20. The van der Waals surface area contributed by atoms with E-state index in [0.29, 0.717) is 12.5 Å². The third-order valence-electron chi connectivity index (χ3n) is 5.85. The van der Waals surface area contributed by atoms with E-state index in [1.54, 1.807) is 0 Å². The molecule has 146 valence electrons. The average Bonchev–Trinajstić information content (AvgIpc) is 2.70. The van der Waals surface area contributed by atoms with Gasteiger partial charge in [0.05, 0.1) is 0 Å². The maximum Gasteiger partial charge on any atom is 0.0431 e. The lowest BCUT2D eigenvalue weighted by Crippen LogP contribution is -2.18. The average molecular weight is 384 g/mol. The molecule has 0 bridgehead atoms. The van der Waals surface area contributed by atoms with E-state index in [-0.39, 0.29) is 6.61 Å². The van der Waals surface area contributed by atoms with E-state index in [0.717, 1.165) is 25.2 Å². The third-order valence-corrected chi connectivity index (χ3v) is 7.25. The third kappa shape index (κ3) is 5.60. The van der Waals surface area contributed by atoms with Crippen molar-refractivity contribution in [1.29, 1.82) is 0 Å². The van der Waals surface area contributed by atoms with Crippen LogP contribution < -0.4 is 5.73 Å². The topological polar surface area (TPSA) is 46.2 Å². The van der Waals surface area contributed by atoms with E-state index in [9.17, 15) is 0 Å². The molecule has 3 heteroatoms. The number of nitrogens with two attached hydrogens (primary N) is 1. The zero-order chi connectivity index (χ0) is 19.1. The van der Waals surface area contributed by atoms with E-state index in [1.165, 1.54) is 52.2 Å². The fraction of sp³-hybridized carbons (Fsp3) is 0.500. The minimum Gasteiger partial charge on any atom is -0.396 e. The standard InChI is InChI=1S/C24H33NOS/c1-18-6-2-3-8-24(18)27-17-19-9-10-21-15-22(12-11-20(21)14-19)23(16-25)7-4-5-13-26/h2-3,6,8,11-12,15,19,23,26H,4-5,7,9-10,13-14,16-17,25H2,1H3/t19-,23+/m1/s1. The summed E-state index contributed by atoms with van der Waals surface area (Å²) < 4.78 is 0. The Morgan fingerprint density at radius 1 is 1.15 bits per heavy atom. The van der Waals surface area contributed by atoms with Gasteiger partial charge in [-0.3, -0.25) is 0 Å². The van der Waals surface area contributed by atoms with Crippen molar-refractivity contribution >= 4 is 11.8 Å². The van der Waals surface area contributed by atoms with Gasteiger partial charge in [0.15, 0.2) is 0 Å². The van der Waals surface area contributed by atoms with Crippen molar-refractivity contribution in [2.24, 2.45) is 11.7 Å². The van der Waals surface area contributed by atoms with Crippen molar-refractivity contribution in [2.45, 2.75) is 56.3 Å². The zero-order valence-electron chi connectivity index (χ0n) is 16.5. The lowest BCUT2D eigenvalue weighted by Gasteiger charge is -2.26. The Labute approximate surface area is 168 Å². The number of hydrogen-bond donors (Lipinski definition) is 2. The van der Waals surface area contributed by atoms with Crippen molar-refractivity contribution < 1.29 is 5.11 Å². The van der Waals surface area contributed by atoms with Crippen LogP contribution in [0, 0.1) is 12.8 Å². The smallest absolute Gasteiger partial charge is 0.0431 e. The largest absolute Gasteiger partial charge is 0.396 e. The van der Waals surface area contributed by atoms with Crippen molar-refractivity contribution in [2.75, 3.05) is 18.9 Å². The first-order valence-electron chi connectivity index (χ1n) is 10.3. The summed E-state index contributed by atoms with van der Waals surface area (Å²) in [6.45, 7) is 3.18. The first kappa shape index (κ1) is 20.4. The second-order valence-corrected chi connectivity index (χ2v) is 8.93. The minimum atomic E-state index is 0.281. The molecular weight excluding hydrogens is 350 g/mol. The van der Waals surface area contributed by atoms with Gasteiger partial charge in [0.1, 0.15) is 0 Å². The molecule has 3 rings (SSSR count). The molecule has 2 atom stereocenters. The Bertz CT molecular complexity index is 730. The predicted molar refractivity (Wildman–Crippen MR) is 117 cm³/mol. The van der Waals surface area contributed by atoms with Crippen LogP contribution in [0.3, 0.4) is 0 Å². The highest BCUT2D eigenvalue weighted by atomic mass is 32.2. The van der Waals surface area contributed by atoms with Crippen molar-refractivity contribution in [1.82, 2.24) is 0 Å². The van der Waals surface area contributed by atoms with Crippen molar-refractivity contribution in [3.05, 3.63) is 64.7 Å². The van der Waals surface area contributed by atoms with Gasteiger partial charge in [0.25, 0.3) is 0 Å². The first-order valence-corrected chi connectivity index (χ1v) is 11.3. The molecule has 0 amide bonds. The van der Waals surface area contributed by atoms with E-state index < -0.39 is 0 Å². The predicted octanol–water partition coefficient (Wildman–Crippen LogP) is 5.10. The molecule has 0 heterocycles. The van der Waals surface area contributed by atoms with Crippen LogP contribution in [-0.4, -0.2) is 24.0 Å². The van der Waals surface area contributed by atoms with E-state index in [4.69, 9.17) is 10.8 Å². The molecule has 2 nitrogen and oxygen atoms in total. The molecule has 3 N–H and O–H groups in total. The number of hydrogen-bond acceptors (Lipinski definition) is 3. The number of thioether (sulfide) groups is 1. The van der Waals surface area contributed by atoms with Gasteiger partial charge in [-0.2, -0.15) is 0 Å². The van der Waals surface area contributed by atoms with Crippen LogP contribution in [0.15, 0.2) is 47.4 Å². The molecule has 0 radical (unpaired) electrons. The van der Waals surface area contributed by atoms with Crippen molar-refractivity contribution in [3.63, 3.8) is 0 Å². The maximum absolute atomic E-state index is 9.00. The minimum absolute atomic E-state index is 0.281. The van der Waals surface area contributed by atoms with Crippen LogP contribution in [0.2, 0.25) is 0 Å². The van der Waals surface area contributed by atoms with Crippen LogP contribution in [0.5, 0.6) is 0 Å². The summed E-state index contributed by atoms with van der Waals surface area (Å²) in [5, 5.41) is 9.00. The van der Waals surface area contributed by atoms with Crippen LogP contribution in [0.4, 0.5) is 0 Å². The van der Waals surface area contributed by atoms with Crippen LogP contribution in [0.1, 0.15) is 53.9 Å². The Balaban J connectivity index is 1.59. The molecular formula is C24H33NOS. The fourth-order valence-corrected chi connectivity index (χ4v) is 5.27. The van der Waals surface area contributed by atoms with Gasteiger partial charge in [0.2, 0.25) is 0 Å². The van der Waals surface area contributed by atoms with Gasteiger partial charge in [-0.05, 0) is 85.7 Å². The molecule has 0 aromatic heterocycles. The zero-order valence-corrected chi connectivity index (χ0v) is 17.3. The number of aliphatic hydroxyl groups excluding tert-OH is 1. The van der Waals surface area contributed by atoms with Gasteiger partial charge < -0.3 is 10.8 Å². The molecule has 0 saturated carbocycles. The van der Waals surface area contributed by atoms with E-state index in [2.05, 4.69) is 49.4 Å². The number of rotatable bonds is 9. The number of aliphatic hydroxyl groups is 1. The summed E-state index contributed by atoms with van der Waals surface area (Å²) in [5.41, 5.74) is 11.9. The second kappa shape index (κ2) is 10.3. The summed E-state index contributed by atoms with van der Waals surface area (Å²) in [4.78, 5) is 1.42. The maximum atomic E-state index is 9.00. The molecule has 2 aromatic carbocycles. The molecule has 2 aromatic rings. The lowest BCUT2D eigenvalue weighted by atomic mass is 9.82. The molecule has 0 spiro atoms. The van der Waals surface area contributed by atoms with Crippen LogP contribution >= 0.6 is 11.8 Å². The highest BCUT2D eigenvalue weighted by molar-refractivity contribution is 7.99. The summed E-state index contributed by atoms with van der Waals surface area (Å²) in [6, 6.07) is 15.8. The number of benzene rings is 2. The Morgan fingerprint density at radius 2 is 2.00 bits per heavy atom. The first-order chi connectivity index (χ1) is 13.2. The number of aryl methyl sites for hydroxylation is 2. The summed E-state index contributed by atoms with van der Waals surface area (Å²) >= 11 is 2.01. The molecule has 0 unspecified atom stereocenters. The lowest BCUT2D eigenvalue weighted by molar-refractivity contribution is 0.281. The highest BCUT2D eigenvalue weighted by Crippen LogP contribution is 2.33. The van der Waals surface area contributed by atoms with Gasteiger partial charge in [0, 0.05) is 17.3 Å². The van der Waals surface area contributed by atoms with Crippen LogP contribution in [-0.2, 0) is 12.8 Å². The molecule has 0 fully saturated rings. The molecule has 27 heavy (non-hydrogen) atoms. The van der Waals surface area contributed by atoms with E-state index in [1.807, 2.05) is 11.8 Å². The monoisotopic (exact) mass is 383 g/mol. The number of fused-ring (bicyclic) bond motifs is 1. The summed E-state index contributed by atoms with van der Waals surface area (Å²) in [7, 11) is 0. The van der Waals surface area contributed by atoms with Gasteiger partial charge in [-0.25, -0.2) is 0 Å². The Morgan fingerprint density at radius 3 is 2.78 bits per heavy atom.